The van der Waals surface area contributed by atoms with Gasteiger partial charge in [-0.2, -0.15) is 10.1 Å². The maximum absolute atomic E-state index is 12.2. The van der Waals surface area contributed by atoms with Crippen LogP contribution in [-0.4, -0.2) is 39.3 Å². The Balaban J connectivity index is 1.48. The van der Waals surface area contributed by atoms with Gasteiger partial charge in [0.2, 0.25) is 11.8 Å². The van der Waals surface area contributed by atoms with Crippen LogP contribution in [0.3, 0.4) is 0 Å². The van der Waals surface area contributed by atoms with Gasteiger partial charge in [0.05, 0.1) is 12.2 Å². The molecule has 1 aliphatic rings. The minimum atomic E-state index is 0.00803. The normalized spacial score (nSPS) is 15.7. The van der Waals surface area contributed by atoms with Crippen LogP contribution in [0.4, 0.5) is 5.82 Å². The molecular weight excluding hydrogens is 296 g/mol. The summed E-state index contributed by atoms with van der Waals surface area (Å²) in [6.45, 7) is 5.55. The van der Waals surface area contributed by atoms with Crippen LogP contribution in [-0.2, 0) is 11.3 Å². The molecule has 2 aromatic rings. The zero-order chi connectivity index (χ0) is 16.2. The highest BCUT2D eigenvalue weighted by atomic mass is 16.5. The number of aryl methyl sites for hydroxylation is 2. The quantitative estimate of drug-likeness (QED) is 0.899. The SMILES string of the molecule is Cc1ccc(N2CCC(C(=O)NCc3nc(C)no3)CC2)nn1. The Hall–Kier alpha value is -2.51. The van der Waals surface area contributed by atoms with E-state index in [4.69, 9.17) is 4.52 Å². The van der Waals surface area contributed by atoms with Crippen molar-refractivity contribution in [2.24, 2.45) is 5.92 Å². The summed E-state index contributed by atoms with van der Waals surface area (Å²) in [5.74, 6) is 1.92. The lowest BCUT2D eigenvalue weighted by Crippen LogP contribution is -2.40. The number of hydrogen-bond donors (Lipinski definition) is 1. The van der Waals surface area contributed by atoms with Gasteiger partial charge < -0.3 is 14.7 Å². The van der Waals surface area contributed by atoms with E-state index in [0.717, 1.165) is 37.4 Å². The Bertz CT molecular complexity index is 661. The monoisotopic (exact) mass is 316 g/mol. The predicted octanol–water partition coefficient (Wildman–Crippen LogP) is 1.01. The lowest BCUT2D eigenvalue weighted by atomic mass is 9.96. The maximum Gasteiger partial charge on any atom is 0.246 e. The first-order valence-electron chi connectivity index (χ1n) is 7.74. The number of rotatable bonds is 4. The molecule has 23 heavy (non-hydrogen) atoms. The van der Waals surface area contributed by atoms with Crippen molar-refractivity contribution in [2.75, 3.05) is 18.0 Å². The molecule has 122 valence electrons. The van der Waals surface area contributed by atoms with Crippen molar-refractivity contribution < 1.29 is 9.32 Å². The molecular formula is C15H20N6O2. The Morgan fingerprint density at radius 3 is 2.70 bits per heavy atom. The Morgan fingerprint density at radius 2 is 2.09 bits per heavy atom. The number of anilines is 1. The highest BCUT2D eigenvalue weighted by molar-refractivity contribution is 5.78. The van der Waals surface area contributed by atoms with Gasteiger partial charge >= 0.3 is 0 Å². The molecule has 0 aliphatic carbocycles. The summed E-state index contributed by atoms with van der Waals surface area (Å²) in [6.07, 6.45) is 1.59. The van der Waals surface area contributed by atoms with E-state index in [2.05, 4.69) is 30.6 Å². The van der Waals surface area contributed by atoms with Gasteiger partial charge in [-0.3, -0.25) is 4.79 Å². The van der Waals surface area contributed by atoms with E-state index >= 15 is 0 Å². The number of nitrogens with one attached hydrogen (secondary N) is 1. The third kappa shape index (κ3) is 3.82. The van der Waals surface area contributed by atoms with Gasteiger partial charge in [-0.25, -0.2) is 0 Å². The third-order valence-corrected chi connectivity index (χ3v) is 3.96. The fraction of sp³-hybridized carbons (Fsp3) is 0.533. The largest absolute Gasteiger partial charge is 0.355 e. The van der Waals surface area contributed by atoms with Crippen LogP contribution >= 0.6 is 0 Å². The molecule has 3 rings (SSSR count). The number of aromatic nitrogens is 4. The summed E-state index contributed by atoms with van der Waals surface area (Å²) in [5, 5.41) is 14.8. The van der Waals surface area contributed by atoms with E-state index in [1.54, 1.807) is 6.92 Å². The third-order valence-electron chi connectivity index (χ3n) is 3.96. The van der Waals surface area contributed by atoms with Crippen molar-refractivity contribution in [1.29, 1.82) is 0 Å². The predicted molar refractivity (Wildman–Crippen MR) is 82.6 cm³/mol. The lowest BCUT2D eigenvalue weighted by molar-refractivity contribution is -0.125. The molecule has 0 spiro atoms. The molecule has 0 aromatic carbocycles. The van der Waals surface area contributed by atoms with Gasteiger partial charge in [0.1, 0.15) is 0 Å². The topological polar surface area (TPSA) is 97.0 Å². The molecule has 8 nitrogen and oxygen atoms in total. The van der Waals surface area contributed by atoms with Crippen LogP contribution in [0.1, 0.15) is 30.3 Å². The van der Waals surface area contributed by atoms with Crippen molar-refractivity contribution in [3.63, 3.8) is 0 Å². The van der Waals surface area contributed by atoms with Gasteiger partial charge in [0.25, 0.3) is 0 Å². The van der Waals surface area contributed by atoms with Crippen molar-refractivity contribution >= 4 is 11.7 Å². The number of nitrogens with zero attached hydrogens (tertiary/aromatic N) is 5. The van der Waals surface area contributed by atoms with Gasteiger partial charge in [-0.05, 0) is 38.8 Å². The summed E-state index contributed by atoms with van der Waals surface area (Å²) in [5.41, 5.74) is 0.902. The van der Waals surface area contributed by atoms with E-state index < -0.39 is 0 Å². The molecule has 2 aromatic heterocycles. The van der Waals surface area contributed by atoms with Crippen molar-refractivity contribution in [3.8, 4) is 0 Å². The Morgan fingerprint density at radius 1 is 1.30 bits per heavy atom. The zero-order valence-corrected chi connectivity index (χ0v) is 13.3. The molecule has 1 aliphatic heterocycles. The highest BCUT2D eigenvalue weighted by Crippen LogP contribution is 2.21. The number of piperidine rings is 1. The van der Waals surface area contributed by atoms with E-state index in [0.29, 0.717) is 11.7 Å². The molecule has 1 N–H and O–H groups in total. The molecule has 8 heteroatoms. The Kier molecular flexibility index (Phi) is 4.50. The van der Waals surface area contributed by atoms with Gasteiger partial charge in [0.15, 0.2) is 11.6 Å². The van der Waals surface area contributed by atoms with Crippen LogP contribution < -0.4 is 10.2 Å². The first-order chi connectivity index (χ1) is 11.1. The number of amides is 1. The summed E-state index contributed by atoms with van der Waals surface area (Å²) in [4.78, 5) is 18.5. The van der Waals surface area contributed by atoms with E-state index in [1.165, 1.54) is 0 Å². The molecule has 0 bridgehead atoms. The molecule has 1 fully saturated rings. The fourth-order valence-electron chi connectivity index (χ4n) is 2.65. The Labute approximate surface area is 134 Å². The summed E-state index contributed by atoms with van der Waals surface area (Å²) in [7, 11) is 0. The molecule has 0 saturated carbocycles. The number of hydrogen-bond acceptors (Lipinski definition) is 7. The van der Waals surface area contributed by atoms with Gasteiger partial charge in [-0.15, -0.1) is 5.10 Å². The van der Waals surface area contributed by atoms with E-state index in [9.17, 15) is 4.79 Å². The minimum absolute atomic E-state index is 0.00803. The van der Waals surface area contributed by atoms with Crippen LogP contribution in [0.15, 0.2) is 16.7 Å². The first kappa shape index (κ1) is 15.4. The van der Waals surface area contributed by atoms with Crippen LogP contribution in [0, 0.1) is 19.8 Å². The van der Waals surface area contributed by atoms with Crippen molar-refractivity contribution in [3.05, 3.63) is 29.5 Å². The number of carbonyl (C=O) groups excluding carboxylic acids is 1. The van der Waals surface area contributed by atoms with Gasteiger partial charge in [-0.1, -0.05) is 5.16 Å². The number of carbonyl (C=O) groups is 1. The van der Waals surface area contributed by atoms with Crippen molar-refractivity contribution in [1.82, 2.24) is 25.7 Å². The van der Waals surface area contributed by atoms with E-state index in [1.807, 2.05) is 19.1 Å². The second-order valence-electron chi connectivity index (χ2n) is 5.75. The molecule has 3 heterocycles. The summed E-state index contributed by atoms with van der Waals surface area (Å²) >= 11 is 0. The average Bonchev–Trinajstić information content (AvgIpc) is 2.99. The first-order valence-corrected chi connectivity index (χ1v) is 7.74. The second-order valence-corrected chi connectivity index (χ2v) is 5.75. The fourth-order valence-corrected chi connectivity index (χ4v) is 2.65. The lowest BCUT2D eigenvalue weighted by Gasteiger charge is -2.31. The van der Waals surface area contributed by atoms with Crippen LogP contribution in [0.25, 0.3) is 0 Å². The van der Waals surface area contributed by atoms with Crippen molar-refractivity contribution in [2.45, 2.75) is 33.2 Å². The van der Waals surface area contributed by atoms with Crippen LogP contribution in [0.2, 0.25) is 0 Å². The minimum Gasteiger partial charge on any atom is -0.355 e. The maximum atomic E-state index is 12.2. The molecule has 1 amide bonds. The average molecular weight is 316 g/mol. The molecule has 0 radical (unpaired) electrons. The summed E-state index contributed by atoms with van der Waals surface area (Å²) < 4.78 is 4.99. The highest BCUT2D eigenvalue weighted by Gasteiger charge is 2.25. The molecule has 1 saturated heterocycles. The molecule has 0 atom stereocenters. The summed E-state index contributed by atoms with van der Waals surface area (Å²) in [6, 6.07) is 3.92. The standard InChI is InChI=1S/C15H20N6O2/c1-10-3-4-13(19-18-10)21-7-5-12(6-8-21)15(22)16-9-14-17-11(2)20-23-14/h3-4,12H,5-9H2,1-2H3,(H,16,22). The second kappa shape index (κ2) is 6.72. The van der Waals surface area contributed by atoms with Crippen LogP contribution in [0.5, 0.6) is 0 Å². The zero-order valence-electron chi connectivity index (χ0n) is 13.3. The molecule has 0 unspecified atom stereocenters. The van der Waals surface area contributed by atoms with Gasteiger partial charge in [0, 0.05) is 19.0 Å². The van der Waals surface area contributed by atoms with E-state index in [-0.39, 0.29) is 18.4 Å². The smallest absolute Gasteiger partial charge is 0.246 e.